The van der Waals surface area contributed by atoms with Gasteiger partial charge in [0, 0.05) is 18.8 Å². The molecule has 0 fully saturated rings. The average molecular weight is 330 g/mol. The van der Waals surface area contributed by atoms with Crippen LogP contribution in [-0.4, -0.2) is 16.4 Å². The Morgan fingerprint density at radius 3 is 2.60 bits per heavy atom. The van der Waals surface area contributed by atoms with E-state index in [1.165, 1.54) is 11.1 Å². The van der Waals surface area contributed by atoms with Crippen LogP contribution in [0.1, 0.15) is 11.1 Å². The lowest BCUT2D eigenvalue weighted by molar-refractivity contribution is 1.15. The zero-order valence-electron chi connectivity index (χ0n) is 11.7. The molecular formula is C16H16BrN3. The molecule has 0 radical (unpaired) electrons. The highest BCUT2D eigenvalue weighted by atomic mass is 79.9. The molecular weight excluding hydrogens is 314 g/mol. The molecule has 0 bridgehead atoms. The Kier molecular flexibility index (Phi) is 3.26. The summed E-state index contributed by atoms with van der Waals surface area (Å²) in [4.78, 5) is 4.66. The molecule has 0 aliphatic heterocycles. The summed E-state index contributed by atoms with van der Waals surface area (Å²) in [6.45, 7) is 4.25. The standard InChI is InChI=1S/C16H16BrN3/c1-10-4-5-12(8-11(10)2)16-19-15(17)14-7-6-13(18-3)9-20(14)16/h4-9,18H,1-3H3. The average Bonchev–Trinajstić information content (AvgIpc) is 2.78. The summed E-state index contributed by atoms with van der Waals surface area (Å²) in [7, 11) is 1.92. The minimum Gasteiger partial charge on any atom is -0.387 e. The highest BCUT2D eigenvalue weighted by molar-refractivity contribution is 9.10. The molecule has 3 nitrogen and oxygen atoms in total. The van der Waals surface area contributed by atoms with Crippen molar-refractivity contribution in [2.45, 2.75) is 13.8 Å². The zero-order chi connectivity index (χ0) is 14.3. The fourth-order valence-corrected chi connectivity index (χ4v) is 2.77. The third kappa shape index (κ3) is 2.10. The number of fused-ring (bicyclic) bond motifs is 1. The maximum Gasteiger partial charge on any atom is 0.145 e. The van der Waals surface area contributed by atoms with E-state index in [4.69, 9.17) is 0 Å². The van der Waals surface area contributed by atoms with Gasteiger partial charge in [-0.3, -0.25) is 4.40 Å². The number of imidazole rings is 1. The Morgan fingerprint density at radius 1 is 1.10 bits per heavy atom. The first-order valence-electron chi connectivity index (χ1n) is 6.53. The van der Waals surface area contributed by atoms with Gasteiger partial charge in [-0.25, -0.2) is 4.98 Å². The molecule has 2 heterocycles. The SMILES string of the molecule is CNc1ccc2c(Br)nc(-c3ccc(C)c(C)c3)n2c1. The van der Waals surface area contributed by atoms with Crippen molar-refractivity contribution in [2.75, 3.05) is 12.4 Å². The molecule has 3 rings (SSSR count). The van der Waals surface area contributed by atoms with Crippen LogP contribution in [0.15, 0.2) is 41.1 Å². The fraction of sp³-hybridized carbons (Fsp3) is 0.188. The van der Waals surface area contributed by atoms with E-state index in [-0.39, 0.29) is 0 Å². The maximum absolute atomic E-state index is 4.66. The first-order chi connectivity index (χ1) is 9.60. The van der Waals surface area contributed by atoms with Crippen molar-refractivity contribution in [3.05, 3.63) is 52.3 Å². The summed E-state index contributed by atoms with van der Waals surface area (Å²) in [5, 5.41) is 3.16. The summed E-state index contributed by atoms with van der Waals surface area (Å²) >= 11 is 3.54. The Labute approximate surface area is 126 Å². The number of aryl methyl sites for hydroxylation is 2. The lowest BCUT2D eigenvalue weighted by atomic mass is 10.1. The van der Waals surface area contributed by atoms with Crippen molar-refractivity contribution in [3.8, 4) is 11.4 Å². The molecule has 0 unspecified atom stereocenters. The van der Waals surface area contributed by atoms with Crippen LogP contribution in [0, 0.1) is 13.8 Å². The van der Waals surface area contributed by atoms with Crippen LogP contribution in [0.5, 0.6) is 0 Å². The van der Waals surface area contributed by atoms with E-state index >= 15 is 0 Å². The van der Waals surface area contributed by atoms with Crippen LogP contribution in [0.3, 0.4) is 0 Å². The van der Waals surface area contributed by atoms with Crippen molar-refractivity contribution in [3.63, 3.8) is 0 Å². The van der Waals surface area contributed by atoms with Gasteiger partial charge in [-0.1, -0.05) is 12.1 Å². The summed E-state index contributed by atoms with van der Waals surface area (Å²) in [6, 6.07) is 10.6. The van der Waals surface area contributed by atoms with Crippen LogP contribution in [0.4, 0.5) is 5.69 Å². The lowest BCUT2D eigenvalue weighted by Crippen LogP contribution is -1.94. The molecule has 0 aliphatic carbocycles. The number of benzene rings is 1. The second-order valence-electron chi connectivity index (χ2n) is 4.95. The molecule has 4 heteroatoms. The van der Waals surface area contributed by atoms with Gasteiger partial charge in [0.1, 0.15) is 10.4 Å². The summed E-state index contributed by atoms with van der Waals surface area (Å²) in [6.07, 6.45) is 2.07. The third-order valence-corrected chi connectivity index (χ3v) is 4.23. The number of nitrogens with one attached hydrogen (secondary N) is 1. The van der Waals surface area contributed by atoms with Crippen molar-refractivity contribution >= 4 is 27.1 Å². The second kappa shape index (κ2) is 4.94. The molecule has 3 aromatic rings. The quantitative estimate of drug-likeness (QED) is 0.753. The van der Waals surface area contributed by atoms with Gasteiger partial charge < -0.3 is 5.32 Å². The number of rotatable bonds is 2. The van der Waals surface area contributed by atoms with Gasteiger partial charge in [0.05, 0.1) is 11.2 Å². The molecule has 0 amide bonds. The van der Waals surface area contributed by atoms with Gasteiger partial charge in [0.25, 0.3) is 0 Å². The third-order valence-electron chi connectivity index (χ3n) is 3.65. The van der Waals surface area contributed by atoms with Gasteiger partial charge in [-0.2, -0.15) is 0 Å². The van der Waals surface area contributed by atoms with E-state index in [2.05, 4.69) is 74.9 Å². The number of hydrogen-bond donors (Lipinski definition) is 1. The van der Waals surface area contributed by atoms with Crippen LogP contribution >= 0.6 is 15.9 Å². The molecule has 20 heavy (non-hydrogen) atoms. The van der Waals surface area contributed by atoms with Gasteiger partial charge in [-0.15, -0.1) is 0 Å². The molecule has 0 spiro atoms. The number of anilines is 1. The molecule has 0 aliphatic rings. The highest BCUT2D eigenvalue weighted by Crippen LogP contribution is 2.28. The summed E-state index contributed by atoms with van der Waals surface area (Å²) in [5.74, 6) is 0.951. The molecule has 1 aromatic carbocycles. The number of aromatic nitrogens is 2. The number of nitrogens with zero attached hydrogens (tertiary/aromatic N) is 2. The largest absolute Gasteiger partial charge is 0.387 e. The summed E-state index contributed by atoms with van der Waals surface area (Å²) < 4.78 is 2.98. The maximum atomic E-state index is 4.66. The Morgan fingerprint density at radius 2 is 1.90 bits per heavy atom. The first kappa shape index (κ1) is 13.2. The molecule has 0 atom stereocenters. The Balaban J connectivity index is 2.26. The van der Waals surface area contributed by atoms with Gasteiger partial charge in [0.15, 0.2) is 0 Å². The topological polar surface area (TPSA) is 29.3 Å². The van der Waals surface area contributed by atoms with Crippen LogP contribution in [0.25, 0.3) is 16.9 Å². The molecule has 0 saturated carbocycles. The molecule has 0 saturated heterocycles. The normalized spacial score (nSPS) is 11.0. The molecule has 2 aromatic heterocycles. The Hall–Kier alpha value is -1.81. The van der Waals surface area contributed by atoms with Crippen LogP contribution in [-0.2, 0) is 0 Å². The van der Waals surface area contributed by atoms with Crippen molar-refractivity contribution in [2.24, 2.45) is 0 Å². The molecule has 1 N–H and O–H groups in total. The number of halogens is 1. The van der Waals surface area contributed by atoms with Gasteiger partial charge in [-0.05, 0) is 59.1 Å². The fourth-order valence-electron chi connectivity index (χ4n) is 2.28. The lowest BCUT2D eigenvalue weighted by Gasteiger charge is -2.06. The van der Waals surface area contributed by atoms with E-state index < -0.39 is 0 Å². The number of hydrogen-bond acceptors (Lipinski definition) is 2. The monoisotopic (exact) mass is 329 g/mol. The predicted octanol–water partition coefficient (Wildman–Crippen LogP) is 4.42. The zero-order valence-corrected chi connectivity index (χ0v) is 13.3. The summed E-state index contributed by atoms with van der Waals surface area (Å²) in [5.41, 5.74) is 5.83. The smallest absolute Gasteiger partial charge is 0.145 e. The highest BCUT2D eigenvalue weighted by Gasteiger charge is 2.11. The van der Waals surface area contributed by atoms with E-state index in [1.807, 2.05) is 13.1 Å². The van der Waals surface area contributed by atoms with Crippen molar-refractivity contribution in [1.29, 1.82) is 0 Å². The predicted molar refractivity (Wildman–Crippen MR) is 87.3 cm³/mol. The van der Waals surface area contributed by atoms with E-state index in [0.717, 1.165) is 27.2 Å². The van der Waals surface area contributed by atoms with Crippen LogP contribution < -0.4 is 5.32 Å². The van der Waals surface area contributed by atoms with Gasteiger partial charge in [0.2, 0.25) is 0 Å². The van der Waals surface area contributed by atoms with E-state index in [0.29, 0.717) is 0 Å². The minimum atomic E-state index is 0.869. The van der Waals surface area contributed by atoms with Crippen LogP contribution in [0.2, 0.25) is 0 Å². The van der Waals surface area contributed by atoms with E-state index in [1.54, 1.807) is 0 Å². The van der Waals surface area contributed by atoms with Crippen molar-refractivity contribution < 1.29 is 0 Å². The Bertz CT molecular complexity index is 790. The number of pyridine rings is 1. The minimum absolute atomic E-state index is 0.869. The second-order valence-corrected chi connectivity index (χ2v) is 5.70. The molecule has 102 valence electrons. The van der Waals surface area contributed by atoms with E-state index in [9.17, 15) is 0 Å². The first-order valence-corrected chi connectivity index (χ1v) is 7.32. The van der Waals surface area contributed by atoms with Crippen molar-refractivity contribution in [1.82, 2.24) is 9.38 Å². The van der Waals surface area contributed by atoms with Gasteiger partial charge >= 0.3 is 0 Å².